The topological polar surface area (TPSA) is 69.8 Å². The maximum Gasteiger partial charge on any atom is 0.255 e. The summed E-state index contributed by atoms with van der Waals surface area (Å²) in [6.45, 7) is 9.76. The molecule has 1 aliphatic rings. The highest BCUT2D eigenvalue weighted by atomic mass is 19.1. The zero-order chi connectivity index (χ0) is 19.1. The van der Waals surface area contributed by atoms with Gasteiger partial charge in [-0.05, 0) is 74.9 Å². The first-order valence-corrected chi connectivity index (χ1v) is 9.09. The van der Waals surface area contributed by atoms with Crippen molar-refractivity contribution in [2.45, 2.75) is 40.5 Å². The first-order chi connectivity index (χ1) is 12.4. The Hall–Kier alpha value is -2.24. The zero-order valence-corrected chi connectivity index (χ0v) is 16.6. The van der Waals surface area contributed by atoms with Gasteiger partial charge < -0.3 is 15.5 Å². The number of ether oxygens (including phenoxy) is 1. The normalized spacial score (nSPS) is 13.8. The molecule has 3 N–H and O–H groups in total. The van der Waals surface area contributed by atoms with Gasteiger partial charge in [-0.25, -0.2) is 4.39 Å². The molecular weight excluding hydrogens is 345 g/mol. The van der Waals surface area contributed by atoms with E-state index in [0.29, 0.717) is 16.8 Å². The highest BCUT2D eigenvalue weighted by Gasteiger charge is 2.10. The lowest BCUT2D eigenvalue weighted by molar-refractivity contribution is 0.0716. The number of hydrogen-bond acceptors (Lipinski definition) is 2. The van der Waals surface area contributed by atoms with Crippen molar-refractivity contribution in [3.8, 4) is 0 Å². The average molecular weight is 380 g/mol. The largest absolute Gasteiger partial charge is 0.412 e. The van der Waals surface area contributed by atoms with Crippen LogP contribution in [0.5, 0.6) is 0 Å². The van der Waals surface area contributed by atoms with Gasteiger partial charge >= 0.3 is 0 Å². The van der Waals surface area contributed by atoms with Crippen LogP contribution in [0.25, 0.3) is 0 Å². The van der Waals surface area contributed by atoms with Crippen LogP contribution in [0.1, 0.15) is 49.7 Å². The smallest absolute Gasteiger partial charge is 0.255 e. The van der Waals surface area contributed by atoms with Gasteiger partial charge in [0.05, 0.1) is 0 Å². The molecule has 0 spiro atoms. The molecule has 0 atom stereocenters. The van der Waals surface area contributed by atoms with E-state index in [-0.39, 0.29) is 20.1 Å². The van der Waals surface area contributed by atoms with Crippen molar-refractivity contribution in [2.75, 3.05) is 18.5 Å². The van der Waals surface area contributed by atoms with Crippen LogP contribution in [0.4, 0.5) is 10.1 Å². The second-order valence-electron chi connectivity index (χ2n) is 7.03. The number of anilines is 1. The van der Waals surface area contributed by atoms with Gasteiger partial charge in [-0.3, -0.25) is 4.79 Å². The predicted molar refractivity (Wildman–Crippen MR) is 112 cm³/mol. The predicted octanol–water partition coefficient (Wildman–Crippen LogP) is 5.10. The van der Waals surface area contributed by atoms with Gasteiger partial charge in [0.1, 0.15) is 5.82 Å². The van der Waals surface area contributed by atoms with Gasteiger partial charge in [-0.2, -0.15) is 0 Å². The molecule has 3 rings (SSSR count). The highest BCUT2D eigenvalue weighted by Crippen LogP contribution is 2.17. The van der Waals surface area contributed by atoms with E-state index >= 15 is 0 Å². The number of hydrogen-bond donors (Lipinski definition) is 1. The fourth-order valence-electron chi connectivity index (χ4n) is 2.72. The lowest BCUT2D eigenvalue weighted by atomic mass is 10.0. The van der Waals surface area contributed by atoms with E-state index < -0.39 is 0 Å². The first-order valence-electron chi connectivity index (χ1n) is 9.09. The molecule has 1 aliphatic heterocycles. The Labute approximate surface area is 164 Å². The molecule has 0 radical (unpaired) electrons. The van der Waals surface area contributed by atoms with E-state index in [0.717, 1.165) is 30.3 Å². The molecule has 0 aromatic heterocycles. The molecule has 1 amide bonds. The van der Waals surface area contributed by atoms with Crippen LogP contribution in [0.3, 0.4) is 0 Å². The van der Waals surface area contributed by atoms with Crippen molar-refractivity contribution in [1.29, 1.82) is 0 Å². The number of amides is 1. The summed E-state index contributed by atoms with van der Waals surface area (Å²) < 4.78 is 18.3. The van der Waals surface area contributed by atoms with Gasteiger partial charge in [-0.1, -0.05) is 24.6 Å². The Morgan fingerprint density at radius 3 is 2.30 bits per heavy atom. The van der Waals surface area contributed by atoms with Crippen LogP contribution >= 0.6 is 0 Å². The Bertz CT molecular complexity index is 766. The van der Waals surface area contributed by atoms with Crippen LogP contribution in [-0.2, 0) is 4.74 Å². The summed E-state index contributed by atoms with van der Waals surface area (Å²) in [6.07, 6.45) is 2.53. The summed E-state index contributed by atoms with van der Waals surface area (Å²) in [5.41, 5.74) is 3.71. The number of aryl methyl sites for hydroxylation is 3. The quantitative estimate of drug-likeness (QED) is 0.788. The van der Waals surface area contributed by atoms with Gasteiger partial charge in [0.2, 0.25) is 0 Å². The molecule has 1 heterocycles. The van der Waals surface area contributed by atoms with Crippen LogP contribution < -0.4 is 5.32 Å². The fraction of sp³-hybridized carbons (Fsp3) is 0.409. The van der Waals surface area contributed by atoms with E-state index in [4.69, 9.17) is 4.74 Å². The second kappa shape index (κ2) is 10.8. The summed E-state index contributed by atoms with van der Waals surface area (Å²) in [6, 6.07) is 10.3. The molecule has 152 valence electrons. The summed E-state index contributed by atoms with van der Waals surface area (Å²) in [4.78, 5) is 12.2. The molecule has 2 aromatic rings. The van der Waals surface area contributed by atoms with Crippen molar-refractivity contribution >= 4 is 11.6 Å². The minimum atomic E-state index is -0.273. The number of halogens is 1. The molecule has 0 aliphatic carbocycles. The summed E-state index contributed by atoms with van der Waals surface area (Å²) in [7, 11) is 0. The van der Waals surface area contributed by atoms with Gasteiger partial charge in [0.15, 0.2) is 0 Å². The van der Waals surface area contributed by atoms with Crippen molar-refractivity contribution in [3.63, 3.8) is 0 Å². The Balaban J connectivity index is 0. The lowest BCUT2D eigenvalue weighted by Gasteiger charge is -2.16. The number of benzene rings is 2. The number of nitrogens with one attached hydrogen (secondary N) is 1. The molecule has 5 heteroatoms. The maximum absolute atomic E-state index is 13.2. The fourth-order valence-corrected chi connectivity index (χ4v) is 2.72. The van der Waals surface area contributed by atoms with E-state index in [9.17, 15) is 9.18 Å². The minimum absolute atomic E-state index is 0. The van der Waals surface area contributed by atoms with Gasteiger partial charge in [0.25, 0.3) is 5.91 Å². The van der Waals surface area contributed by atoms with Crippen molar-refractivity contribution in [2.24, 2.45) is 5.92 Å². The van der Waals surface area contributed by atoms with Gasteiger partial charge in [0, 0.05) is 27.3 Å². The van der Waals surface area contributed by atoms with Crippen molar-refractivity contribution < 1.29 is 22.3 Å². The highest BCUT2D eigenvalue weighted by molar-refractivity contribution is 6.05. The molecule has 1 saturated heterocycles. The third-order valence-corrected chi connectivity index (χ3v) is 4.56. The molecule has 27 heavy (non-hydrogen) atoms. The van der Waals surface area contributed by atoms with E-state index in [1.165, 1.54) is 18.9 Å². The molecule has 1 fully saturated rings. The Morgan fingerprint density at radius 1 is 1.07 bits per heavy atom. The van der Waals surface area contributed by atoms with E-state index in [2.05, 4.69) is 12.2 Å². The monoisotopic (exact) mass is 379 g/mol. The SMILES string of the molecule is CC1CCOCC1.Cc1ccc(C)c(C(=O)Nc2ccc(F)c(C)c2)c1.O.[HH].[HH]. The van der Waals surface area contributed by atoms with E-state index in [1.807, 2.05) is 32.0 Å². The van der Waals surface area contributed by atoms with Crippen molar-refractivity contribution in [1.82, 2.24) is 0 Å². The number of carbonyl (C=O) groups excluding carboxylic acids is 1. The molecule has 0 saturated carbocycles. The Kier molecular flexibility index (Phi) is 9.12. The van der Waals surface area contributed by atoms with Crippen LogP contribution in [-0.4, -0.2) is 24.6 Å². The Morgan fingerprint density at radius 2 is 1.74 bits per heavy atom. The molecular formula is C22H34FNO3. The maximum atomic E-state index is 13.2. The standard InChI is InChI=1S/C16H16FNO.C6H12O.H2O.2H2/c1-10-4-5-11(2)14(8-10)16(19)18-13-6-7-15(17)12(3)9-13;1-6-2-4-7-5-3-6;;;/h4-9H,1-3H3,(H,18,19);6H,2-5H2,1H3;1H2;2*1H. The first kappa shape index (κ1) is 22.8. The van der Waals surface area contributed by atoms with E-state index in [1.54, 1.807) is 19.1 Å². The third kappa shape index (κ3) is 7.12. The summed E-state index contributed by atoms with van der Waals surface area (Å²) in [5, 5.41) is 2.79. The molecule has 0 unspecified atom stereocenters. The molecule has 2 aromatic carbocycles. The molecule has 0 bridgehead atoms. The summed E-state index contributed by atoms with van der Waals surface area (Å²) >= 11 is 0. The van der Waals surface area contributed by atoms with Crippen LogP contribution in [0.15, 0.2) is 36.4 Å². The summed E-state index contributed by atoms with van der Waals surface area (Å²) in [5.74, 6) is 0.464. The number of rotatable bonds is 2. The van der Waals surface area contributed by atoms with Crippen molar-refractivity contribution in [3.05, 3.63) is 64.5 Å². The molecule has 4 nitrogen and oxygen atoms in total. The lowest BCUT2D eigenvalue weighted by Crippen LogP contribution is -2.13. The zero-order valence-electron chi connectivity index (χ0n) is 16.6. The number of carbonyl (C=O) groups is 1. The van der Waals surface area contributed by atoms with Crippen LogP contribution in [0.2, 0.25) is 0 Å². The average Bonchev–Trinajstić information content (AvgIpc) is 2.61. The third-order valence-electron chi connectivity index (χ3n) is 4.56. The van der Waals surface area contributed by atoms with Crippen LogP contribution in [0, 0.1) is 32.5 Å². The minimum Gasteiger partial charge on any atom is -0.412 e. The second-order valence-corrected chi connectivity index (χ2v) is 7.03. The van der Waals surface area contributed by atoms with Gasteiger partial charge in [-0.15, -0.1) is 0 Å².